The maximum absolute atomic E-state index is 16.1. The molecule has 0 aliphatic carbocycles. The number of nitrogens with one attached hydrogen (secondary N) is 1. The number of methoxy groups -OCH3 is 1. The average molecular weight is 699 g/mol. The number of hydrogen-bond acceptors (Lipinski definition) is 16. The maximum atomic E-state index is 16.1. The highest BCUT2D eigenvalue weighted by atomic mass is 32.5. The lowest BCUT2D eigenvalue weighted by atomic mass is 10.1. The first-order chi connectivity index (χ1) is 21.9. The van der Waals surface area contributed by atoms with Crippen LogP contribution in [0.3, 0.4) is 0 Å². The number of alkyl halides is 1. The molecule has 7 heterocycles. The lowest BCUT2D eigenvalue weighted by molar-refractivity contribution is -0.0592. The Bertz CT molecular complexity index is 1970. The molecule has 10 atom stereocenters. The molecule has 4 N–H and O–H groups in total. The van der Waals surface area contributed by atoms with Crippen molar-refractivity contribution in [3.8, 4) is 0 Å². The number of hydrogen-bond donors (Lipinski definition) is 3. The van der Waals surface area contributed by atoms with E-state index in [1.807, 2.05) is 0 Å². The number of nitrogens with two attached hydrogens (primary N) is 1. The zero-order valence-electron chi connectivity index (χ0n) is 23.9. The zero-order valence-corrected chi connectivity index (χ0v) is 26.5. The first kappa shape index (κ1) is 31.8. The van der Waals surface area contributed by atoms with Crippen molar-refractivity contribution < 1.29 is 46.2 Å². The van der Waals surface area contributed by atoms with Crippen molar-refractivity contribution in [2.75, 3.05) is 26.1 Å². The van der Waals surface area contributed by atoms with E-state index in [4.69, 9.17) is 57.4 Å². The standard InChI is InChI=1S/C22H25BFN9O10P2S/c1-8-30-19-13(20(34)31-8)29-7-33(19)22-16-15(37-2)10(41-22)3-38-44(23,35)42-14-9(4-39-45(36,46)43-16)40-21(11(14)24)32-6-28-12-17(25)26-5-27-18(12)32/h5-7,9-11,14-16,21-22H,3-4H2,1-2H3,(H,36,46)(H2,25,26,27)(H,30,31,34)/t9?,10?,11?,14?,15?,16?,21?,22?,44-,45?/m1/s1. The Labute approximate surface area is 264 Å². The summed E-state index contributed by atoms with van der Waals surface area (Å²) in [6.07, 6.45) is -7.18. The van der Waals surface area contributed by atoms with E-state index in [0.717, 1.165) is 0 Å². The largest absolute Gasteiger partial charge is 0.382 e. The van der Waals surface area contributed by atoms with E-state index in [0.29, 0.717) is 5.82 Å². The van der Waals surface area contributed by atoms with E-state index in [2.05, 4.69) is 29.9 Å². The molecule has 3 fully saturated rings. The summed E-state index contributed by atoms with van der Waals surface area (Å²) in [5.41, 5.74) is 5.87. The lowest BCUT2D eigenvalue weighted by Gasteiger charge is -2.28. The predicted octanol–water partition coefficient (Wildman–Crippen LogP) is 0.309. The number of nitrogen functional groups attached to an aromatic ring is 1. The molecular formula is C22H25BFN9O10P2S. The maximum Gasteiger partial charge on any atom is 0.325 e. The monoisotopic (exact) mass is 699 g/mol. The number of nitrogens with zero attached hydrogens (tertiary/aromatic N) is 7. The quantitative estimate of drug-likeness (QED) is 0.193. The van der Waals surface area contributed by atoms with E-state index in [-0.39, 0.29) is 28.1 Å². The van der Waals surface area contributed by atoms with E-state index in [9.17, 15) is 14.3 Å². The van der Waals surface area contributed by atoms with Gasteiger partial charge in [-0.25, -0.2) is 29.3 Å². The fourth-order valence-corrected chi connectivity index (χ4v) is 8.06. The Balaban J connectivity index is 1.22. The van der Waals surface area contributed by atoms with Crippen LogP contribution in [0.15, 0.2) is 23.8 Å². The number of imidazole rings is 2. The molecule has 3 saturated heterocycles. The molecule has 244 valence electrons. The Kier molecular flexibility index (Phi) is 8.13. The Hall–Kier alpha value is -2.75. The zero-order chi connectivity index (χ0) is 32.5. The third-order valence-electron chi connectivity index (χ3n) is 7.65. The van der Waals surface area contributed by atoms with Crippen molar-refractivity contribution in [1.82, 2.24) is 39.0 Å². The smallest absolute Gasteiger partial charge is 0.325 e. The molecule has 7 rings (SSSR count). The molecule has 0 amide bonds. The van der Waals surface area contributed by atoms with Crippen LogP contribution in [0, 0.1) is 6.92 Å². The van der Waals surface area contributed by atoms with Crippen molar-refractivity contribution in [1.29, 1.82) is 0 Å². The number of halogens is 1. The molecular weight excluding hydrogens is 674 g/mol. The highest BCUT2D eigenvalue weighted by molar-refractivity contribution is 8.07. The minimum atomic E-state index is -4.53. The van der Waals surface area contributed by atoms with Gasteiger partial charge in [-0.2, -0.15) is 0 Å². The van der Waals surface area contributed by atoms with Crippen molar-refractivity contribution in [2.24, 2.45) is 0 Å². The minimum Gasteiger partial charge on any atom is -0.382 e. The fourth-order valence-electron chi connectivity index (χ4n) is 5.65. The number of H-pyrrole nitrogens is 1. The second kappa shape index (κ2) is 11.7. The molecule has 4 aromatic rings. The Morgan fingerprint density at radius 2 is 1.76 bits per heavy atom. The van der Waals surface area contributed by atoms with Crippen LogP contribution >= 0.6 is 14.2 Å². The molecule has 2 bridgehead atoms. The lowest BCUT2D eigenvalue weighted by Crippen LogP contribution is -2.37. The van der Waals surface area contributed by atoms with Crippen LogP contribution in [0.2, 0.25) is 0 Å². The van der Waals surface area contributed by atoms with Gasteiger partial charge in [-0.05, 0) is 18.7 Å². The Morgan fingerprint density at radius 3 is 2.52 bits per heavy atom. The van der Waals surface area contributed by atoms with Crippen LogP contribution in [0.25, 0.3) is 22.3 Å². The molecule has 19 nitrogen and oxygen atoms in total. The number of aryl methyl sites for hydroxylation is 1. The summed E-state index contributed by atoms with van der Waals surface area (Å²) in [5, 5.41) is 0. The van der Waals surface area contributed by atoms with Gasteiger partial charge < -0.3 is 43.4 Å². The first-order valence-electron chi connectivity index (χ1n) is 13.6. The van der Waals surface area contributed by atoms with E-state index in [1.54, 1.807) is 6.92 Å². The van der Waals surface area contributed by atoms with Gasteiger partial charge in [-0.1, -0.05) is 0 Å². The molecule has 46 heavy (non-hydrogen) atoms. The first-order valence-corrected chi connectivity index (χ1v) is 17.8. The van der Waals surface area contributed by atoms with Gasteiger partial charge in [0.2, 0.25) is 7.57 Å². The summed E-state index contributed by atoms with van der Waals surface area (Å²) < 4.78 is 72.4. The van der Waals surface area contributed by atoms with Crippen LogP contribution in [-0.2, 0) is 48.7 Å². The molecule has 24 heteroatoms. The second-order valence-electron chi connectivity index (χ2n) is 10.6. The van der Waals surface area contributed by atoms with E-state index < -0.39 is 82.1 Å². The molecule has 4 aromatic heterocycles. The van der Waals surface area contributed by atoms with Gasteiger partial charge >= 0.3 is 6.72 Å². The third-order valence-corrected chi connectivity index (χ3v) is 10.3. The normalized spacial score (nSPS) is 37.1. The molecule has 2 radical (unpaired) electrons. The number of aromatic amines is 1. The number of fused-ring (bicyclic) bond motifs is 5. The molecule has 0 saturated carbocycles. The number of aromatic nitrogens is 8. The van der Waals surface area contributed by atoms with Crippen molar-refractivity contribution >= 4 is 61.7 Å². The second-order valence-corrected chi connectivity index (χ2v) is 14.9. The summed E-state index contributed by atoms with van der Waals surface area (Å²) in [4.78, 5) is 46.8. The summed E-state index contributed by atoms with van der Waals surface area (Å²) >= 11 is 5.33. The summed E-state index contributed by atoms with van der Waals surface area (Å²) in [6.45, 7) is -3.71. The number of rotatable bonds is 3. The van der Waals surface area contributed by atoms with Crippen LogP contribution < -0.4 is 11.3 Å². The van der Waals surface area contributed by atoms with Crippen molar-refractivity contribution in [2.45, 2.75) is 56.1 Å². The van der Waals surface area contributed by atoms with Crippen molar-refractivity contribution in [3.63, 3.8) is 0 Å². The molecule has 3 aliphatic heterocycles. The fraction of sp³-hybridized carbons (Fsp3) is 0.545. The van der Waals surface area contributed by atoms with Crippen molar-refractivity contribution in [3.05, 3.63) is 35.2 Å². The highest BCUT2D eigenvalue weighted by Gasteiger charge is 2.53. The topological polar surface area (TPSA) is 235 Å². The number of ether oxygens (including phenoxy) is 3. The van der Waals surface area contributed by atoms with Gasteiger partial charge in [-0.15, -0.1) is 0 Å². The molecule has 9 unspecified atom stereocenters. The molecule has 0 aromatic carbocycles. The van der Waals surface area contributed by atoms with Gasteiger partial charge in [0.05, 0.1) is 25.9 Å². The van der Waals surface area contributed by atoms with Gasteiger partial charge in [0, 0.05) is 7.11 Å². The van der Waals surface area contributed by atoms with E-state index in [1.165, 1.54) is 35.2 Å². The van der Waals surface area contributed by atoms with Gasteiger partial charge in [-0.3, -0.25) is 23.0 Å². The van der Waals surface area contributed by atoms with Gasteiger partial charge in [0.15, 0.2) is 41.3 Å². The van der Waals surface area contributed by atoms with Crippen LogP contribution in [0.1, 0.15) is 18.3 Å². The summed E-state index contributed by atoms with van der Waals surface area (Å²) in [7, 11) is 2.74. The predicted molar refractivity (Wildman–Crippen MR) is 158 cm³/mol. The highest BCUT2D eigenvalue weighted by Crippen LogP contribution is 2.54. The number of anilines is 1. The van der Waals surface area contributed by atoms with Gasteiger partial charge in [0.1, 0.15) is 48.2 Å². The van der Waals surface area contributed by atoms with E-state index >= 15 is 4.39 Å². The minimum absolute atomic E-state index is 0.00939. The summed E-state index contributed by atoms with van der Waals surface area (Å²) in [6, 6.07) is 0. The molecule has 0 spiro atoms. The third kappa shape index (κ3) is 5.60. The summed E-state index contributed by atoms with van der Waals surface area (Å²) in [5.74, 6) is 0.357. The average Bonchev–Trinajstić information content (AvgIpc) is 3.75. The Morgan fingerprint density at radius 1 is 1.07 bits per heavy atom. The van der Waals surface area contributed by atoms with Gasteiger partial charge in [0.25, 0.3) is 13.0 Å². The molecule has 3 aliphatic rings. The van der Waals surface area contributed by atoms with Crippen LogP contribution in [-0.4, -0.2) is 109 Å². The van der Waals surface area contributed by atoms with Crippen LogP contribution in [0.5, 0.6) is 0 Å². The van der Waals surface area contributed by atoms with Crippen LogP contribution in [0.4, 0.5) is 10.2 Å². The SMILES string of the molecule is [B][P@@]1(=O)OCC2OC(n3cnc4c(=O)[nH]c(C)nc43)C(OP(O)(=S)OCC3OC(n4cnc5c(N)ncnc54)C(F)C3O1)C2OC.